The van der Waals surface area contributed by atoms with Crippen molar-refractivity contribution in [3.63, 3.8) is 0 Å². The van der Waals surface area contributed by atoms with Gasteiger partial charge in [-0.15, -0.1) is 5.10 Å². The van der Waals surface area contributed by atoms with Crippen molar-refractivity contribution in [2.45, 2.75) is 19.4 Å². The van der Waals surface area contributed by atoms with Gasteiger partial charge < -0.3 is 5.32 Å². The molecule has 0 aliphatic heterocycles. The molecule has 0 unspecified atom stereocenters. The first-order valence-electron chi connectivity index (χ1n) is 9.53. The van der Waals surface area contributed by atoms with Crippen LogP contribution in [0.4, 0.5) is 11.9 Å². The Labute approximate surface area is 167 Å². The molecule has 29 heavy (non-hydrogen) atoms. The van der Waals surface area contributed by atoms with Crippen LogP contribution >= 0.6 is 0 Å². The number of nitrogens with zero attached hydrogens (tertiary/aromatic N) is 5. The zero-order chi connectivity index (χ0) is 19.6. The smallest absolute Gasteiger partial charge is 0.249 e. The number of amides is 1. The van der Waals surface area contributed by atoms with Gasteiger partial charge in [0.25, 0.3) is 0 Å². The van der Waals surface area contributed by atoms with E-state index in [1.807, 2.05) is 30.3 Å². The van der Waals surface area contributed by atoms with E-state index >= 15 is 0 Å². The number of anilines is 2. The van der Waals surface area contributed by atoms with Crippen molar-refractivity contribution in [1.29, 1.82) is 0 Å². The molecule has 1 aromatic carbocycles. The van der Waals surface area contributed by atoms with E-state index in [4.69, 9.17) is 0 Å². The molecule has 3 heterocycles. The largest absolute Gasteiger partial charge is 0.350 e. The summed E-state index contributed by atoms with van der Waals surface area (Å²) in [5.41, 5.74) is 3.73. The number of hydrogen-bond acceptors (Lipinski definition) is 6. The van der Waals surface area contributed by atoms with Gasteiger partial charge in [0.15, 0.2) is 5.65 Å². The highest BCUT2D eigenvalue weighted by atomic mass is 16.2. The van der Waals surface area contributed by atoms with E-state index in [2.05, 4.69) is 42.8 Å². The summed E-state index contributed by atoms with van der Waals surface area (Å²) in [4.78, 5) is 24.7. The van der Waals surface area contributed by atoms with Crippen molar-refractivity contribution in [3.8, 4) is 11.3 Å². The molecule has 144 valence electrons. The van der Waals surface area contributed by atoms with Crippen molar-refractivity contribution in [2.75, 3.05) is 10.6 Å². The van der Waals surface area contributed by atoms with Gasteiger partial charge in [-0.25, -0.2) is 14.5 Å². The molecule has 1 fully saturated rings. The number of pyridine rings is 1. The molecule has 8 heteroatoms. The molecule has 5 rings (SSSR count). The Morgan fingerprint density at radius 1 is 1.00 bits per heavy atom. The molecule has 1 amide bonds. The summed E-state index contributed by atoms with van der Waals surface area (Å²) < 4.78 is 1.76. The Bertz CT molecular complexity index is 1150. The number of hydrogen-bond donors (Lipinski definition) is 2. The van der Waals surface area contributed by atoms with Gasteiger partial charge >= 0.3 is 0 Å². The molecule has 4 aromatic rings. The predicted octanol–water partition coefficient (Wildman–Crippen LogP) is 3.15. The van der Waals surface area contributed by atoms with Gasteiger partial charge in [-0.3, -0.25) is 10.1 Å². The molecule has 0 atom stereocenters. The average molecular weight is 385 g/mol. The maximum Gasteiger partial charge on any atom is 0.249 e. The molecule has 1 aliphatic carbocycles. The molecule has 0 radical (unpaired) electrons. The molecule has 1 aliphatic rings. The maximum absolute atomic E-state index is 12.0. The molecule has 1 saturated carbocycles. The van der Waals surface area contributed by atoms with Crippen LogP contribution < -0.4 is 10.6 Å². The van der Waals surface area contributed by atoms with Crippen LogP contribution in [0.1, 0.15) is 18.4 Å². The first-order chi connectivity index (χ1) is 14.3. The molecule has 0 bridgehead atoms. The summed E-state index contributed by atoms with van der Waals surface area (Å²) in [6, 6.07) is 15.8. The van der Waals surface area contributed by atoms with E-state index in [1.165, 1.54) is 0 Å². The summed E-state index contributed by atoms with van der Waals surface area (Å²) in [7, 11) is 0. The summed E-state index contributed by atoms with van der Waals surface area (Å²) in [5.74, 6) is 1.06. The van der Waals surface area contributed by atoms with Crippen molar-refractivity contribution in [2.24, 2.45) is 5.92 Å². The number of carbonyl (C=O) groups excluding carboxylic acids is 1. The van der Waals surface area contributed by atoms with E-state index in [0.29, 0.717) is 24.1 Å². The topological polar surface area (TPSA) is 97.1 Å². The summed E-state index contributed by atoms with van der Waals surface area (Å²) in [6.45, 7) is 0.634. The number of benzene rings is 1. The Kier molecular flexibility index (Phi) is 4.36. The van der Waals surface area contributed by atoms with Crippen molar-refractivity contribution in [1.82, 2.24) is 24.6 Å². The summed E-state index contributed by atoms with van der Waals surface area (Å²) >= 11 is 0. The second-order valence-electron chi connectivity index (χ2n) is 7.00. The van der Waals surface area contributed by atoms with Crippen LogP contribution in [0, 0.1) is 5.92 Å². The van der Waals surface area contributed by atoms with Gasteiger partial charge in [0.05, 0.1) is 5.69 Å². The van der Waals surface area contributed by atoms with E-state index < -0.39 is 0 Å². The highest BCUT2D eigenvalue weighted by Crippen LogP contribution is 2.30. The second kappa shape index (κ2) is 7.31. The predicted molar refractivity (Wildman–Crippen MR) is 109 cm³/mol. The molecule has 0 saturated heterocycles. The SMILES string of the molecule is O=C(Nc1nc2cccc(-c3ccc(CNc4ncccn4)cc3)n2n1)C1CC1. The van der Waals surface area contributed by atoms with Crippen LogP contribution in [0.5, 0.6) is 0 Å². The lowest BCUT2D eigenvalue weighted by atomic mass is 10.1. The van der Waals surface area contributed by atoms with Gasteiger partial charge in [-0.1, -0.05) is 30.3 Å². The Morgan fingerprint density at radius 3 is 2.55 bits per heavy atom. The summed E-state index contributed by atoms with van der Waals surface area (Å²) in [5, 5.41) is 10.5. The normalized spacial score (nSPS) is 13.4. The van der Waals surface area contributed by atoms with Crippen LogP contribution in [0.25, 0.3) is 16.9 Å². The van der Waals surface area contributed by atoms with Gasteiger partial charge in [0, 0.05) is 30.4 Å². The first-order valence-corrected chi connectivity index (χ1v) is 9.53. The van der Waals surface area contributed by atoms with Gasteiger partial charge in [0.1, 0.15) is 0 Å². The van der Waals surface area contributed by atoms with Crippen molar-refractivity contribution < 1.29 is 4.79 Å². The van der Waals surface area contributed by atoms with Gasteiger partial charge in [-0.2, -0.15) is 4.98 Å². The zero-order valence-corrected chi connectivity index (χ0v) is 15.6. The molecule has 3 aromatic heterocycles. The van der Waals surface area contributed by atoms with Crippen LogP contribution in [-0.4, -0.2) is 30.5 Å². The molecule has 2 N–H and O–H groups in total. The Hall–Kier alpha value is -3.81. The fourth-order valence-corrected chi connectivity index (χ4v) is 3.10. The third kappa shape index (κ3) is 3.77. The number of rotatable bonds is 6. The van der Waals surface area contributed by atoms with E-state index in [1.54, 1.807) is 23.0 Å². The Balaban J connectivity index is 1.35. The number of aromatic nitrogens is 5. The average Bonchev–Trinajstić information content (AvgIpc) is 3.53. The lowest BCUT2D eigenvalue weighted by Crippen LogP contribution is -2.14. The monoisotopic (exact) mass is 385 g/mol. The van der Waals surface area contributed by atoms with Crippen LogP contribution in [0.3, 0.4) is 0 Å². The van der Waals surface area contributed by atoms with E-state index in [0.717, 1.165) is 29.7 Å². The third-order valence-corrected chi connectivity index (χ3v) is 4.81. The quantitative estimate of drug-likeness (QED) is 0.529. The highest BCUT2D eigenvalue weighted by molar-refractivity contribution is 5.92. The molecular weight excluding hydrogens is 366 g/mol. The lowest BCUT2D eigenvalue weighted by Gasteiger charge is -2.07. The number of nitrogens with one attached hydrogen (secondary N) is 2. The number of carbonyl (C=O) groups is 1. The third-order valence-electron chi connectivity index (χ3n) is 4.81. The summed E-state index contributed by atoms with van der Waals surface area (Å²) in [6.07, 6.45) is 5.31. The maximum atomic E-state index is 12.0. The molecule has 8 nitrogen and oxygen atoms in total. The van der Waals surface area contributed by atoms with Crippen LogP contribution in [0.2, 0.25) is 0 Å². The minimum atomic E-state index is 0.00158. The number of fused-ring (bicyclic) bond motifs is 1. The standard InChI is InChI=1S/C21H19N7O/c29-19(16-9-10-16)26-21-25-18-4-1-3-17(28(18)27-21)15-7-5-14(6-8-15)13-24-20-22-11-2-12-23-20/h1-8,11-12,16H,9-10,13H2,(H,22,23,24)(H,26,27,29). The molecule has 0 spiro atoms. The first kappa shape index (κ1) is 17.3. The van der Waals surface area contributed by atoms with Crippen LogP contribution in [0.15, 0.2) is 60.9 Å². The lowest BCUT2D eigenvalue weighted by molar-refractivity contribution is -0.117. The van der Waals surface area contributed by atoms with Gasteiger partial charge in [-0.05, 0) is 36.6 Å². The zero-order valence-electron chi connectivity index (χ0n) is 15.6. The Morgan fingerprint density at radius 2 is 1.79 bits per heavy atom. The van der Waals surface area contributed by atoms with Crippen molar-refractivity contribution >= 4 is 23.5 Å². The second-order valence-corrected chi connectivity index (χ2v) is 7.00. The van der Waals surface area contributed by atoms with E-state index in [9.17, 15) is 4.79 Å². The minimum absolute atomic E-state index is 0.00158. The van der Waals surface area contributed by atoms with Gasteiger partial charge in [0.2, 0.25) is 17.8 Å². The molecular formula is C21H19N7O. The van der Waals surface area contributed by atoms with Crippen molar-refractivity contribution in [3.05, 3.63) is 66.5 Å². The fraction of sp³-hybridized carbons (Fsp3) is 0.190. The highest BCUT2D eigenvalue weighted by Gasteiger charge is 2.30. The van der Waals surface area contributed by atoms with Crippen LogP contribution in [-0.2, 0) is 11.3 Å². The fourth-order valence-electron chi connectivity index (χ4n) is 3.10. The minimum Gasteiger partial charge on any atom is -0.350 e. The van der Waals surface area contributed by atoms with E-state index in [-0.39, 0.29) is 11.8 Å².